The second-order valence-electron chi connectivity index (χ2n) is 5.45. The van der Waals surface area contributed by atoms with E-state index in [9.17, 15) is 4.39 Å². The Bertz CT molecular complexity index is 443. The number of hydrogen-bond donors (Lipinski definition) is 1. The second kappa shape index (κ2) is 5.65. The van der Waals surface area contributed by atoms with E-state index in [0.29, 0.717) is 23.8 Å². The van der Waals surface area contributed by atoms with Crippen LogP contribution in [0.4, 0.5) is 4.39 Å². The summed E-state index contributed by atoms with van der Waals surface area (Å²) in [4.78, 5) is 0. The molecule has 1 aromatic rings. The van der Waals surface area contributed by atoms with Crippen LogP contribution in [0.3, 0.4) is 0 Å². The number of fused-ring (bicyclic) bond motifs is 1. The zero-order valence-electron chi connectivity index (χ0n) is 11.6. The molecule has 0 aliphatic carbocycles. The van der Waals surface area contributed by atoms with Crippen molar-refractivity contribution >= 4 is 0 Å². The SMILES string of the molecule is CC(C)(C)NCc1cc2c(cc1OCCF)OCO2. The first kappa shape index (κ1) is 13.9. The van der Waals surface area contributed by atoms with Crippen molar-refractivity contribution in [1.29, 1.82) is 0 Å². The van der Waals surface area contributed by atoms with Crippen molar-refractivity contribution in [3.05, 3.63) is 17.7 Å². The van der Waals surface area contributed by atoms with Crippen LogP contribution >= 0.6 is 0 Å². The molecule has 19 heavy (non-hydrogen) atoms. The van der Waals surface area contributed by atoms with E-state index in [1.165, 1.54) is 0 Å². The maximum Gasteiger partial charge on any atom is 0.231 e. The Labute approximate surface area is 112 Å². The zero-order chi connectivity index (χ0) is 13.9. The molecule has 106 valence electrons. The van der Waals surface area contributed by atoms with E-state index >= 15 is 0 Å². The Morgan fingerprint density at radius 1 is 1.26 bits per heavy atom. The molecule has 1 aliphatic heterocycles. The van der Waals surface area contributed by atoms with Crippen molar-refractivity contribution in [3.63, 3.8) is 0 Å². The first-order valence-corrected chi connectivity index (χ1v) is 6.36. The lowest BCUT2D eigenvalue weighted by Crippen LogP contribution is -2.35. The summed E-state index contributed by atoms with van der Waals surface area (Å²) in [5, 5.41) is 3.38. The average molecular weight is 269 g/mol. The first-order valence-electron chi connectivity index (χ1n) is 6.36. The molecule has 0 unspecified atom stereocenters. The van der Waals surface area contributed by atoms with Crippen LogP contribution in [0.2, 0.25) is 0 Å². The predicted octanol–water partition coefficient (Wildman–Crippen LogP) is 2.65. The minimum Gasteiger partial charge on any atom is -0.490 e. The highest BCUT2D eigenvalue weighted by atomic mass is 19.1. The van der Waals surface area contributed by atoms with Gasteiger partial charge in [0.2, 0.25) is 6.79 Å². The van der Waals surface area contributed by atoms with Crippen molar-refractivity contribution in [2.75, 3.05) is 20.1 Å². The monoisotopic (exact) mass is 269 g/mol. The minimum absolute atomic E-state index is 0.00622. The summed E-state index contributed by atoms with van der Waals surface area (Å²) >= 11 is 0. The van der Waals surface area contributed by atoms with Crippen LogP contribution in [0.1, 0.15) is 26.3 Å². The van der Waals surface area contributed by atoms with Crippen molar-refractivity contribution in [1.82, 2.24) is 5.32 Å². The molecule has 0 saturated heterocycles. The van der Waals surface area contributed by atoms with Crippen molar-refractivity contribution < 1.29 is 18.6 Å². The third-order valence-electron chi connectivity index (χ3n) is 2.70. The van der Waals surface area contributed by atoms with Gasteiger partial charge in [-0.15, -0.1) is 0 Å². The molecular weight excluding hydrogens is 249 g/mol. The molecule has 4 nitrogen and oxygen atoms in total. The van der Waals surface area contributed by atoms with Crippen LogP contribution in [-0.4, -0.2) is 25.6 Å². The van der Waals surface area contributed by atoms with E-state index < -0.39 is 6.67 Å². The Hall–Kier alpha value is -1.49. The Balaban J connectivity index is 2.18. The van der Waals surface area contributed by atoms with Gasteiger partial charge in [0.1, 0.15) is 19.0 Å². The number of benzene rings is 1. The van der Waals surface area contributed by atoms with Gasteiger partial charge in [0.25, 0.3) is 0 Å². The average Bonchev–Trinajstić information content (AvgIpc) is 2.79. The van der Waals surface area contributed by atoms with Gasteiger partial charge in [-0.2, -0.15) is 0 Å². The Morgan fingerprint density at radius 2 is 1.95 bits per heavy atom. The number of nitrogens with one attached hydrogen (secondary N) is 1. The number of ether oxygens (including phenoxy) is 3. The van der Waals surface area contributed by atoms with E-state index in [1.807, 2.05) is 6.07 Å². The standard InChI is InChI=1S/C14H20FNO3/c1-14(2,3)16-8-10-6-12-13(19-9-18-12)7-11(10)17-5-4-15/h6-7,16H,4-5,8-9H2,1-3H3. The van der Waals surface area contributed by atoms with Gasteiger partial charge in [-0.25, -0.2) is 4.39 Å². The smallest absolute Gasteiger partial charge is 0.231 e. The van der Waals surface area contributed by atoms with Crippen LogP contribution in [0.25, 0.3) is 0 Å². The largest absolute Gasteiger partial charge is 0.490 e. The minimum atomic E-state index is -0.513. The van der Waals surface area contributed by atoms with Crippen LogP contribution in [0.5, 0.6) is 17.2 Å². The third kappa shape index (κ3) is 3.73. The van der Waals surface area contributed by atoms with Gasteiger partial charge in [-0.1, -0.05) is 0 Å². The molecule has 2 rings (SSSR count). The highest BCUT2D eigenvalue weighted by molar-refractivity contribution is 5.51. The summed E-state index contributed by atoms with van der Waals surface area (Å²) in [6.45, 7) is 6.63. The molecule has 0 atom stereocenters. The molecule has 0 saturated carbocycles. The van der Waals surface area contributed by atoms with Crippen molar-refractivity contribution in [2.45, 2.75) is 32.9 Å². The fraction of sp³-hybridized carbons (Fsp3) is 0.571. The number of hydrogen-bond acceptors (Lipinski definition) is 4. The second-order valence-corrected chi connectivity index (χ2v) is 5.45. The van der Waals surface area contributed by atoms with E-state index in [2.05, 4.69) is 26.1 Å². The number of alkyl halides is 1. The molecule has 1 aliphatic rings. The Morgan fingerprint density at radius 3 is 2.58 bits per heavy atom. The highest BCUT2D eigenvalue weighted by Crippen LogP contribution is 2.38. The molecule has 0 aromatic heterocycles. The summed E-state index contributed by atoms with van der Waals surface area (Å²) in [6.07, 6.45) is 0. The van der Waals surface area contributed by atoms with Gasteiger partial charge in [0.05, 0.1) is 0 Å². The van der Waals surface area contributed by atoms with Crippen LogP contribution < -0.4 is 19.5 Å². The summed E-state index contributed by atoms with van der Waals surface area (Å²) < 4.78 is 28.3. The fourth-order valence-electron chi connectivity index (χ4n) is 1.75. The number of halogens is 1. The zero-order valence-corrected chi connectivity index (χ0v) is 11.6. The summed E-state index contributed by atoms with van der Waals surface area (Å²) in [5.74, 6) is 1.99. The highest BCUT2D eigenvalue weighted by Gasteiger charge is 2.19. The lowest BCUT2D eigenvalue weighted by Gasteiger charge is -2.21. The molecule has 0 spiro atoms. The van der Waals surface area contributed by atoms with E-state index in [0.717, 1.165) is 5.56 Å². The Kier molecular flexibility index (Phi) is 4.14. The molecule has 0 fully saturated rings. The van der Waals surface area contributed by atoms with Gasteiger partial charge >= 0.3 is 0 Å². The van der Waals surface area contributed by atoms with Gasteiger partial charge in [0.15, 0.2) is 11.5 Å². The maximum atomic E-state index is 12.3. The molecular formula is C14H20FNO3. The third-order valence-corrected chi connectivity index (χ3v) is 2.70. The summed E-state index contributed by atoms with van der Waals surface area (Å²) in [5.41, 5.74) is 0.931. The maximum absolute atomic E-state index is 12.3. The van der Waals surface area contributed by atoms with E-state index in [4.69, 9.17) is 14.2 Å². The summed E-state index contributed by atoms with van der Waals surface area (Å²) in [7, 11) is 0. The topological polar surface area (TPSA) is 39.7 Å². The first-order chi connectivity index (χ1) is 8.99. The molecule has 1 N–H and O–H groups in total. The molecule has 0 radical (unpaired) electrons. The molecule has 0 bridgehead atoms. The molecule has 1 aromatic carbocycles. The molecule has 0 amide bonds. The lowest BCUT2D eigenvalue weighted by molar-refractivity contribution is 0.173. The molecule has 5 heteroatoms. The van der Waals surface area contributed by atoms with E-state index in [1.54, 1.807) is 6.07 Å². The van der Waals surface area contributed by atoms with Crippen LogP contribution in [-0.2, 0) is 6.54 Å². The predicted molar refractivity (Wildman–Crippen MR) is 70.6 cm³/mol. The van der Waals surface area contributed by atoms with E-state index in [-0.39, 0.29) is 18.9 Å². The quantitative estimate of drug-likeness (QED) is 0.892. The van der Waals surface area contributed by atoms with Gasteiger partial charge in [-0.05, 0) is 26.8 Å². The fourth-order valence-corrected chi connectivity index (χ4v) is 1.75. The normalized spacial score (nSPS) is 13.7. The lowest BCUT2D eigenvalue weighted by atomic mass is 10.1. The van der Waals surface area contributed by atoms with Gasteiger partial charge in [-0.3, -0.25) is 0 Å². The van der Waals surface area contributed by atoms with Crippen LogP contribution in [0, 0.1) is 0 Å². The van der Waals surface area contributed by atoms with Gasteiger partial charge < -0.3 is 19.5 Å². The van der Waals surface area contributed by atoms with Crippen LogP contribution in [0.15, 0.2) is 12.1 Å². The van der Waals surface area contributed by atoms with Gasteiger partial charge in [0, 0.05) is 23.7 Å². The number of rotatable bonds is 5. The van der Waals surface area contributed by atoms with Crippen molar-refractivity contribution in [2.24, 2.45) is 0 Å². The summed E-state index contributed by atoms with van der Waals surface area (Å²) in [6, 6.07) is 3.65. The molecule has 1 heterocycles. The van der Waals surface area contributed by atoms with Crippen molar-refractivity contribution in [3.8, 4) is 17.2 Å².